The van der Waals surface area contributed by atoms with Gasteiger partial charge in [0.2, 0.25) is 17.7 Å². The molecule has 0 aliphatic rings. The van der Waals surface area contributed by atoms with Crippen LogP contribution in [0.2, 0.25) is 0 Å². The van der Waals surface area contributed by atoms with Crippen molar-refractivity contribution in [2.45, 2.75) is 39.3 Å². The van der Waals surface area contributed by atoms with Crippen molar-refractivity contribution in [2.24, 2.45) is 17.4 Å². The van der Waals surface area contributed by atoms with Crippen molar-refractivity contribution in [3.63, 3.8) is 0 Å². The topological polar surface area (TPSA) is 127 Å². The van der Waals surface area contributed by atoms with E-state index in [2.05, 4.69) is 10.6 Å². The van der Waals surface area contributed by atoms with Gasteiger partial charge < -0.3 is 22.1 Å². The lowest BCUT2D eigenvalue weighted by Gasteiger charge is -2.22. The number of benzene rings is 1. The van der Waals surface area contributed by atoms with E-state index >= 15 is 0 Å². The van der Waals surface area contributed by atoms with Crippen molar-refractivity contribution in [2.75, 3.05) is 6.54 Å². The first-order chi connectivity index (χ1) is 11.2. The molecule has 0 aliphatic carbocycles. The van der Waals surface area contributed by atoms with E-state index in [9.17, 15) is 14.4 Å². The van der Waals surface area contributed by atoms with Crippen LogP contribution < -0.4 is 22.1 Å². The minimum Gasteiger partial charge on any atom is -0.368 e. The Labute approximate surface area is 142 Å². The van der Waals surface area contributed by atoms with Gasteiger partial charge >= 0.3 is 0 Å². The van der Waals surface area contributed by atoms with Gasteiger partial charge in [0, 0.05) is 6.42 Å². The summed E-state index contributed by atoms with van der Waals surface area (Å²) in [6, 6.07) is 6.08. The van der Waals surface area contributed by atoms with Gasteiger partial charge in [-0.25, -0.2) is 0 Å². The number of amides is 3. The Morgan fingerprint density at radius 2 is 1.83 bits per heavy atom. The zero-order valence-corrected chi connectivity index (χ0v) is 14.3. The summed E-state index contributed by atoms with van der Waals surface area (Å²) in [4.78, 5) is 35.3. The molecule has 24 heavy (non-hydrogen) atoms. The summed E-state index contributed by atoms with van der Waals surface area (Å²) in [6.07, 6.45) is 0.294. The molecule has 132 valence electrons. The van der Waals surface area contributed by atoms with Crippen molar-refractivity contribution in [3.8, 4) is 0 Å². The third kappa shape index (κ3) is 6.37. The Bertz CT molecular complexity index is 601. The molecule has 1 aromatic rings. The van der Waals surface area contributed by atoms with E-state index in [0.717, 1.165) is 11.1 Å². The maximum Gasteiger partial charge on any atom is 0.243 e. The predicted octanol–water partition coefficient (Wildman–Crippen LogP) is -0.393. The minimum atomic E-state index is -0.830. The number of hydrogen-bond donors (Lipinski definition) is 4. The van der Waals surface area contributed by atoms with Gasteiger partial charge in [-0.15, -0.1) is 0 Å². The lowest BCUT2D eigenvalue weighted by molar-refractivity contribution is -0.130. The molecule has 0 saturated heterocycles. The molecule has 0 unspecified atom stereocenters. The SMILES string of the molecule is Cc1cccc(C[C@H](NC(=O)[C@@H](N)C(C)C)C(=O)NCC(N)=O)c1. The van der Waals surface area contributed by atoms with E-state index in [4.69, 9.17) is 11.5 Å². The van der Waals surface area contributed by atoms with Crippen LogP contribution in [0.3, 0.4) is 0 Å². The fourth-order valence-electron chi connectivity index (χ4n) is 2.15. The molecular formula is C17H26N4O3. The summed E-state index contributed by atoms with van der Waals surface area (Å²) >= 11 is 0. The van der Waals surface area contributed by atoms with Gasteiger partial charge in [0.25, 0.3) is 0 Å². The van der Waals surface area contributed by atoms with Crippen LogP contribution in [0, 0.1) is 12.8 Å². The summed E-state index contributed by atoms with van der Waals surface area (Å²) in [6.45, 7) is 5.31. The lowest BCUT2D eigenvalue weighted by Crippen LogP contribution is -2.54. The largest absolute Gasteiger partial charge is 0.368 e. The number of carbonyl (C=O) groups excluding carboxylic acids is 3. The van der Waals surface area contributed by atoms with Crippen molar-refractivity contribution in [1.82, 2.24) is 10.6 Å². The van der Waals surface area contributed by atoms with Gasteiger partial charge in [-0.05, 0) is 18.4 Å². The number of nitrogens with two attached hydrogens (primary N) is 2. The highest BCUT2D eigenvalue weighted by Crippen LogP contribution is 2.08. The van der Waals surface area contributed by atoms with Crippen LogP contribution in [0.4, 0.5) is 0 Å². The summed E-state index contributed by atoms with van der Waals surface area (Å²) in [7, 11) is 0. The standard InChI is InChI=1S/C17H26N4O3/c1-10(2)15(19)17(24)21-13(16(23)20-9-14(18)22)8-12-6-4-5-11(3)7-12/h4-7,10,13,15H,8-9,19H2,1-3H3,(H2,18,22)(H,20,23)(H,21,24)/t13-,15-/m0/s1. The Morgan fingerprint density at radius 3 is 2.38 bits per heavy atom. The number of primary amides is 1. The van der Waals surface area contributed by atoms with Crippen LogP contribution in [0.15, 0.2) is 24.3 Å². The van der Waals surface area contributed by atoms with Crippen molar-refractivity contribution < 1.29 is 14.4 Å². The molecule has 1 rings (SSSR count). The average molecular weight is 334 g/mol. The fraction of sp³-hybridized carbons (Fsp3) is 0.471. The average Bonchev–Trinajstić information content (AvgIpc) is 2.50. The van der Waals surface area contributed by atoms with Gasteiger partial charge in [-0.1, -0.05) is 43.7 Å². The van der Waals surface area contributed by atoms with Gasteiger partial charge in [0.05, 0.1) is 12.6 Å². The second-order valence-corrected chi connectivity index (χ2v) is 6.21. The molecule has 0 aliphatic heterocycles. The molecule has 7 nitrogen and oxygen atoms in total. The third-order valence-electron chi connectivity index (χ3n) is 3.61. The van der Waals surface area contributed by atoms with Crippen molar-refractivity contribution >= 4 is 17.7 Å². The number of nitrogens with one attached hydrogen (secondary N) is 2. The van der Waals surface area contributed by atoms with Crippen LogP contribution in [0.1, 0.15) is 25.0 Å². The fourth-order valence-corrected chi connectivity index (χ4v) is 2.15. The molecule has 3 amide bonds. The van der Waals surface area contributed by atoms with Crippen LogP contribution in [0.5, 0.6) is 0 Å². The molecule has 0 spiro atoms. The molecule has 0 radical (unpaired) electrons. The van der Waals surface area contributed by atoms with E-state index < -0.39 is 29.8 Å². The zero-order chi connectivity index (χ0) is 18.3. The summed E-state index contributed by atoms with van der Waals surface area (Å²) in [5.74, 6) is -1.59. The zero-order valence-electron chi connectivity index (χ0n) is 14.3. The van der Waals surface area contributed by atoms with E-state index in [-0.39, 0.29) is 12.5 Å². The normalized spacial score (nSPS) is 13.2. The summed E-state index contributed by atoms with van der Waals surface area (Å²) < 4.78 is 0. The van der Waals surface area contributed by atoms with E-state index in [1.165, 1.54) is 0 Å². The van der Waals surface area contributed by atoms with Crippen molar-refractivity contribution in [3.05, 3.63) is 35.4 Å². The lowest BCUT2D eigenvalue weighted by atomic mass is 10.0. The summed E-state index contributed by atoms with van der Waals surface area (Å²) in [5.41, 5.74) is 12.8. The highest BCUT2D eigenvalue weighted by molar-refractivity contribution is 5.91. The van der Waals surface area contributed by atoms with Gasteiger partial charge in [-0.3, -0.25) is 14.4 Å². The first-order valence-electron chi connectivity index (χ1n) is 7.88. The molecular weight excluding hydrogens is 308 g/mol. The quantitative estimate of drug-likeness (QED) is 0.516. The van der Waals surface area contributed by atoms with E-state index in [1.807, 2.05) is 45.0 Å². The molecule has 0 fully saturated rings. The predicted molar refractivity (Wildman–Crippen MR) is 91.8 cm³/mol. The third-order valence-corrected chi connectivity index (χ3v) is 3.61. The second-order valence-electron chi connectivity index (χ2n) is 6.21. The second kappa shape index (κ2) is 9.02. The maximum absolute atomic E-state index is 12.3. The van der Waals surface area contributed by atoms with Gasteiger partial charge in [0.1, 0.15) is 6.04 Å². The highest BCUT2D eigenvalue weighted by atomic mass is 16.2. The van der Waals surface area contributed by atoms with E-state index in [1.54, 1.807) is 0 Å². The maximum atomic E-state index is 12.3. The molecule has 7 heteroatoms. The molecule has 6 N–H and O–H groups in total. The number of aryl methyl sites for hydroxylation is 1. The first kappa shape index (κ1) is 19.6. The number of hydrogen-bond acceptors (Lipinski definition) is 4. The Morgan fingerprint density at radius 1 is 1.17 bits per heavy atom. The molecule has 2 atom stereocenters. The molecule has 0 bridgehead atoms. The Balaban J connectivity index is 2.87. The Kier molecular flexibility index (Phi) is 7.38. The van der Waals surface area contributed by atoms with Crippen LogP contribution in [-0.2, 0) is 20.8 Å². The monoisotopic (exact) mass is 334 g/mol. The summed E-state index contributed by atoms with van der Waals surface area (Å²) in [5, 5.41) is 5.08. The highest BCUT2D eigenvalue weighted by Gasteiger charge is 2.25. The smallest absolute Gasteiger partial charge is 0.243 e. The van der Waals surface area contributed by atoms with Crippen LogP contribution in [-0.4, -0.2) is 36.3 Å². The molecule has 1 aromatic carbocycles. The van der Waals surface area contributed by atoms with Crippen LogP contribution >= 0.6 is 0 Å². The molecule has 0 aromatic heterocycles. The number of rotatable bonds is 8. The molecule has 0 saturated carbocycles. The minimum absolute atomic E-state index is 0.0571. The van der Waals surface area contributed by atoms with Crippen LogP contribution in [0.25, 0.3) is 0 Å². The van der Waals surface area contributed by atoms with Gasteiger partial charge in [0.15, 0.2) is 0 Å². The number of carbonyl (C=O) groups is 3. The van der Waals surface area contributed by atoms with Gasteiger partial charge in [-0.2, -0.15) is 0 Å². The van der Waals surface area contributed by atoms with Crippen molar-refractivity contribution in [1.29, 1.82) is 0 Å². The molecule has 0 heterocycles. The Hall–Kier alpha value is -2.41. The van der Waals surface area contributed by atoms with E-state index in [0.29, 0.717) is 6.42 Å². The first-order valence-corrected chi connectivity index (χ1v) is 7.88.